The van der Waals surface area contributed by atoms with Gasteiger partial charge in [-0.2, -0.15) is 0 Å². The van der Waals surface area contributed by atoms with Gasteiger partial charge in [0, 0.05) is 17.7 Å². The van der Waals surface area contributed by atoms with Crippen LogP contribution in [0.5, 0.6) is 0 Å². The minimum atomic E-state index is -3.66. The first kappa shape index (κ1) is 24.8. The number of rotatable bonds is 10. The fourth-order valence-corrected chi connectivity index (χ4v) is 5.43. The van der Waals surface area contributed by atoms with E-state index in [2.05, 4.69) is 14.9 Å². The Morgan fingerprint density at radius 1 is 0.886 bits per heavy atom. The molecule has 0 unspecified atom stereocenters. The number of sulfonamides is 1. The predicted octanol–water partition coefficient (Wildman–Crippen LogP) is 2.49. The number of carbonyl (C=O) groups is 2. The van der Waals surface area contributed by atoms with Gasteiger partial charge < -0.3 is 16.0 Å². The molecule has 35 heavy (non-hydrogen) atoms. The van der Waals surface area contributed by atoms with E-state index in [1.165, 1.54) is 12.1 Å². The average molecular weight is 495 g/mol. The molecular formula is C26H30N4O4S. The van der Waals surface area contributed by atoms with Crippen molar-refractivity contribution < 1.29 is 18.0 Å². The van der Waals surface area contributed by atoms with Crippen molar-refractivity contribution in [1.82, 2.24) is 14.9 Å². The highest BCUT2D eigenvalue weighted by molar-refractivity contribution is 7.89. The molecule has 1 heterocycles. The van der Waals surface area contributed by atoms with E-state index < -0.39 is 15.9 Å². The number of amides is 1. The summed E-state index contributed by atoms with van der Waals surface area (Å²) >= 11 is 0. The number of nitrogens with one attached hydrogen (secondary N) is 2. The summed E-state index contributed by atoms with van der Waals surface area (Å²) in [6.07, 6.45) is 3.88. The Morgan fingerprint density at radius 3 is 2.23 bits per heavy atom. The molecule has 9 heteroatoms. The van der Waals surface area contributed by atoms with Crippen LogP contribution in [-0.2, 0) is 14.8 Å². The van der Waals surface area contributed by atoms with Gasteiger partial charge >= 0.3 is 0 Å². The summed E-state index contributed by atoms with van der Waals surface area (Å²) in [6, 6.07) is 13.0. The molecule has 184 valence electrons. The van der Waals surface area contributed by atoms with Gasteiger partial charge in [-0.1, -0.05) is 49.2 Å². The maximum Gasteiger partial charge on any atom is 0.258 e. The minimum absolute atomic E-state index is 0.124. The smallest absolute Gasteiger partial charge is 0.258 e. The third-order valence-electron chi connectivity index (χ3n) is 6.20. The van der Waals surface area contributed by atoms with Crippen molar-refractivity contribution in [3.63, 3.8) is 0 Å². The van der Waals surface area contributed by atoms with E-state index in [9.17, 15) is 18.0 Å². The molecule has 0 saturated carbocycles. The highest BCUT2D eigenvalue weighted by atomic mass is 32.2. The fourth-order valence-electron chi connectivity index (χ4n) is 4.36. The van der Waals surface area contributed by atoms with Gasteiger partial charge in [0.15, 0.2) is 5.78 Å². The second-order valence-electron chi connectivity index (χ2n) is 9.01. The van der Waals surface area contributed by atoms with E-state index in [0.29, 0.717) is 28.9 Å². The Balaban J connectivity index is 1.49. The molecule has 0 fully saturated rings. The van der Waals surface area contributed by atoms with Crippen LogP contribution in [0.1, 0.15) is 47.2 Å². The monoisotopic (exact) mass is 494 g/mol. The zero-order valence-corrected chi connectivity index (χ0v) is 20.7. The van der Waals surface area contributed by atoms with Crippen LogP contribution in [0, 0.1) is 0 Å². The number of nitrogens with two attached hydrogens (primary N) is 1. The van der Waals surface area contributed by atoms with Crippen molar-refractivity contribution >= 4 is 33.1 Å². The van der Waals surface area contributed by atoms with Crippen molar-refractivity contribution in [2.24, 2.45) is 5.73 Å². The molecule has 0 radical (unpaired) electrons. The van der Waals surface area contributed by atoms with Gasteiger partial charge in [0.05, 0.1) is 27.4 Å². The lowest BCUT2D eigenvalue weighted by molar-refractivity contribution is -0.115. The van der Waals surface area contributed by atoms with Crippen molar-refractivity contribution in [3.8, 4) is 0 Å². The van der Waals surface area contributed by atoms with E-state index in [4.69, 9.17) is 5.73 Å². The van der Waals surface area contributed by atoms with E-state index in [0.717, 1.165) is 32.2 Å². The van der Waals surface area contributed by atoms with Gasteiger partial charge in [-0.25, -0.2) is 13.1 Å². The second kappa shape index (κ2) is 10.2. The molecule has 0 saturated heterocycles. The summed E-state index contributed by atoms with van der Waals surface area (Å²) in [5.74, 6) is -0.735. The van der Waals surface area contributed by atoms with Gasteiger partial charge in [0.1, 0.15) is 0 Å². The molecule has 0 aromatic heterocycles. The predicted molar refractivity (Wildman–Crippen MR) is 136 cm³/mol. The SMILES string of the molecule is CN(C)CCCCCCNS(=O)(=O)c1ccc(C2=C3C(=O)c4ccccc4C(N)=C3C(=O)N2)cc1. The number of carbonyl (C=O) groups excluding carboxylic acids is 2. The number of nitrogens with zero attached hydrogens (tertiary/aromatic N) is 1. The minimum Gasteiger partial charge on any atom is -0.398 e. The van der Waals surface area contributed by atoms with Gasteiger partial charge in [0.25, 0.3) is 5.91 Å². The third kappa shape index (κ3) is 5.07. The largest absolute Gasteiger partial charge is 0.398 e. The van der Waals surface area contributed by atoms with Gasteiger partial charge in [-0.05, 0) is 51.2 Å². The first-order valence-corrected chi connectivity index (χ1v) is 13.1. The summed E-state index contributed by atoms with van der Waals surface area (Å²) in [5, 5.41) is 2.75. The summed E-state index contributed by atoms with van der Waals surface area (Å²) in [4.78, 5) is 28.1. The highest BCUT2D eigenvalue weighted by Crippen LogP contribution is 2.39. The summed E-state index contributed by atoms with van der Waals surface area (Å²) in [7, 11) is 0.414. The van der Waals surface area contributed by atoms with Crippen LogP contribution in [0.4, 0.5) is 0 Å². The van der Waals surface area contributed by atoms with Crippen LogP contribution < -0.4 is 15.8 Å². The molecule has 0 atom stereocenters. The molecule has 2 aliphatic rings. The first-order valence-electron chi connectivity index (χ1n) is 11.7. The van der Waals surface area contributed by atoms with Crippen molar-refractivity contribution in [2.45, 2.75) is 30.6 Å². The topological polar surface area (TPSA) is 122 Å². The van der Waals surface area contributed by atoms with E-state index >= 15 is 0 Å². The number of unbranched alkanes of at least 4 members (excludes halogenated alkanes) is 3. The Morgan fingerprint density at radius 2 is 1.54 bits per heavy atom. The number of ketones is 1. The van der Waals surface area contributed by atoms with Crippen LogP contribution in [0.3, 0.4) is 0 Å². The molecule has 2 aromatic carbocycles. The second-order valence-corrected chi connectivity index (χ2v) is 10.8. The van der Waals surface area contributed by atoms with E-state index in [-0.39, 0.29) is 27.5 Å². The van der Waals surface area contributed by atoms with Crippen molar-refractivity contribution in [1.29, 1.82) is 0 Å². The van der Waals surface area contributed by atoms with Crippen molar-refractivity contribution in [3.05, 3.63) is 76.4 Å². The molecule has 1 amide bonds. The zero-order chi connectivity index (χ0) is 25.2. The number of benzene rings is 2. The van der Waals surface area contributed by atoms with Gasteiger partial charge in [0.2, 0.25) is 10.0 Å². The summed E-state index contributed by atoms with van der Waals surface area (Å²) in [5.41, 5.74) is 8.72. The van der Waals surface area contributed by atoms with Crippen LogP contribution >= 0.6 is 0 Å². The average Bonchev–Trinajstić information content (AvgIpc) is 3.19. The molecule has 1 aliphatic heterocycles. The van der Waals surface area contributed by atoms with Gasteiger partial charge in [-0.3, -0.25) is 9.59 Å². The van der Waals surface area contributed by atoms with E-state index in [1.807, 2.05) is 14.1 Å². The number of hydrogen-bond acceptors (Lipinski definition) is 6. The maximum absolute atomic E-state index is 13.2. The summed E-state index contributed by atoms with van der Waals surface area (Å²) in [6.45, 7) is 1.40. The molecule has 4 rings (SSSR count). The fraction of sp³-hybridized carbons (Fsp3) is 0.308. The molecule has 0 spiro atoms. The number of Topliss-reactive ketones (excluding diaryl/α,β-unsaturated/α-hetero) is 1. The molecule has 1 aliphatic carbocycles. The van der Waals surface area contributed by atoms with Crippen molar-refractivity contribution in [2.75, 3.05) is 27.2 Å². The Labute approximate surface area is 205 Å². The maximum atomic E-state index is 13.2. The normalized spacial score (nSPS) is 15.5. The third-order valence-corrected chi connectivity index (χ3v) is 7.68. The lowest BCUT2D eigenvalue weighted by Crippen LogP contribution is -2.25. The zero-order valence-electron chi connectivity index (χ0n) is 19.9. The lowest BCUT2D eigenvalue weighted by atomic mass is 9.84. The number of hydrogen-bond donors (Lipinski definition) is 3. The quantitative estimate of drug-likeness (QED) is 0.437. The Hall–Kier alpha value is -3.27. The van der Waals surface area contributed by atoms with Gasteiger partial charge in [-0.15, -0.1) is 0 Å². The van der Waals surface area contributed by atoms with Crippen LogP contribution in [0.2, 0.25) is 0 Å². The number of fused-ring (bicyclic) bond motifs is 2. The van der Waals surface area contributed by atoms with Crippen LogP contribution in [-0.4, -0.2) is 52.2 Å². The first-order chi connectivity index (χ1) is 16.7. The standard InChI is InChI=1S/C26H30N4O4S/c1-30(2)16-8-4-3-7-15-28-35(33,34)18-13-11-17(12-14-18)24-22-21(26(32)29-24)23(27)19-9-5-6-10-20(19)25(22)31/h5-6,9-14,28H,3-4,7-8,15-16,27H2,1-2H3,(H,29,32). The van der Waals surface area contributed by atoms with Crippen LogP contribution in [0.25, 0.3) is 11.4 Å². The molecule has 4 N–H and O–H groups in total. The lowest BCUT2D eigenvalue weighted by Gasteiger charge is -2.18. The Bertz CT molecular complexity index is 1330. The molecule has 0 bridgehead atoms. The molecule has 8 nitrogen and oxygen atoms in total. The summed E-state index contributed by atoms with van der Waals surface area (Å²) < 4.78 is 28.0. The van der Waals surface area contributed by atoms with Crippen LogP contribution in [0.15, 0.2) is 64.6 Å². The molecule has 2 aromatic rings. The Kier molecular flexibility index (Phi) is 7.20. The highest BCUT2D eigenvalue weighted by Gasteiger charge is 2.39. The van der Waals surface area contributed by atoms with E-state index in [1.54, 1.807) is 36.4 Å². The molecular weight excluding hydrogens is 464 g/mol.